The van der Waals surface area contributed by atoms with Gasteiger partial charge in [-0.05, 0) is 56.6 Å². The Morgan fingerprint density at radius 3 is 2.75 bits per heavy atom. The lowest BCUT2D eigenvalue weighted by molar-refractivity contribution is -0.0394. The van der Waals surface area contributed by atoms with Crippen LogP contribution in [0.15, 0.2) is 41.5 Å². The van der Waals surface area contributed by atoms with Gasteiger partial charge in [0.1, 0.15) is 17.4 Å². The van der Waals surface area contributed by atoms with Crippen LogP contribution in [0.25, 0.3) is 10.9 Å². The fourth-order valence-electron chi connectivity index (χ4n) is 5.17. The molecule has 2 aliphatic rings. The molecule has 0 amide bonds. The molecule has 1 N–H and O–H groups in total. The molecule has 0 saturated carbocycles. The molecule has 3 aromatic rings. The van der Waals surface area contributed by atoms with E-state index in [-0.39, 0.29) is 46.1 Å². The summed E-state index contributed by atoms with van der Waals surface area (Å²) in [6, 6.07) is 8.36. The lowest BCUT2D eigenvalue weighted by Crippen LogP contribution is -2.42. The van der Waals surface area contributed by atoms with E-state index in [9.17, 15) is 22.9 Å². The molecule has 40 heavy (non-hydrogen) atoms. The zero-order valence-electron chi connectivity index (χ0n) is 22.6. The van der Waals surface area contributed by atoms with Crippen LogP contribution in [-0.4, -0.2) is 73.1 Å². The number of ether oxygens (including phenoxy) is 2. The number of halogens is 1. The molecule has 0 aliphatic carbocycles. The molecule has 2 fully saturated rings. The van der Waals surface area contributed by atoms with Gasteiger partial charge in [-0.25, -0.2) is 9.37 Å². The molecule has 1 aromatic heterocycles. The molecule has 0 unspecified atom stereocenters. The minimum Gasteiger partial charge on any atom is -0.453 e. The predicted molar refractivity (Wildman–Crippen MR) is 147 cm³/mol. The maximum absolute atomic E-state index is 14.9. The lowest BCUT2D eigenvalue weighted by atomic mass is 9.87. The van der Waals surface area contributed by atoms with Gasteiger partial charge in [0.25, 0.3) is 5.56 Å². The van der Waals surface area contributed by atoms with Crippen LogP contribution < -0.4 is 15.0 Å². The van der Waals surface area contributed by atoms with Crippen molar-refractivity contribution in [2.45, 2.75) is 37.8 Å². The first-order valence-corrected chi connectivity index (χ1v) is 14.5. The van der Waals surface area contributed by atoms with Gasteiger partial charge in [-0.1, -0.05) is 6.92 Å². The van der Waals surface area contributed by atoms with Crippen LogP contribution >= 0.6 is 0 Å². The third kappa shape index (κ3) is 5.27. The maximum atomic E-state index is 14.9. The van der Waals surface area contributed by atoms with Gasteiger partial charge >= 0.3 is 10.2 Å². The number of hydrogen-bond donors (Lipinski definition) is 1. The number of fused-ring (bicyclic) bond motifs is 1. The molecule has 0 radical (unpaired) electrons. The Morgan fingerprint density at radius 2 is 2.05 bits per heavy atom. The summed E-state index contributed by atoms with van der Waals surface area (Å²) < 4.78 is 56.8. The fraction of sp³-hybridized carbons (Fsp3) is 0.444. The molecular formula is C27H31FN6O5S. The van der Waals surface area contributed by atoms with E-state index in [0.29, 0.717) is 12.1 Å². The fourth-order valence-corrected chi connectivity index (χ4v) is 6.11. The smallest absolute Gasteiger partial charge is 0.301 e. The average Bonchev–Trinajstić information content (AvgIpc) is 3.35. The molecule has 212 valence electrons. The molecule has 11 nitrogen and oxygen atoms in total. The molecule has 2 aliphatic heterocycles. The van der Waals surface area contributed by atoms with Gasteiger partial charge in [0, 0.05) is 26.7 Å². The maximum Gasteiger partial charge on any atom is 0.301 e. The Bertz CT molecular complexity index is 1650. The Balaban J connectivity index is 1.45. The van der Waals surface area contributed by atoms with E-state index in [2.05, 4.69) is 21.7 Å². The number of piperidine rings is 1. The largest absolute Gasteiger partial charge is 0.453 e. The van der Waals surface area contributed by atoms with Gasteiger partial charge in [-0.2, -0.15) is 18.0 Å². The predicted octanol–water partition coefficient (Wildman–Crippen LogP) is 3.23. The van der Waals surface area contributed by atoms with E-state index >= 15 is 0 Å². The summed E-state index contributed by atoms with van der Waals surface area (Å²) in [6.07, 6.45) is 4.06. The molecular weight excluding hydrogens is 539 g/mol. The van der Waals surface area contributed by atoms with E-state index in [1.54, 1.807) is 17.6 Å². The summed E-state index contributed by atoms with van der Waals surface area (Å²) in [5.74, 6) is -1.22. The summed E-state index contributed by atoms with van der Waals surface area (Å²) in [4.78, 5) is 20.2. The number of benzene rings is 2. The zero-order chi connectivity index (χ0) is 28.7. The summed E-state index contributed by atoms with van der Waals surface area (Å²) in [7, 11) is -0.513. The second-order valence-electron chi connectivity index (χ2n) is 10.3. The van der Waals surface area contributed by atoms with Crippen molar-refractivity contribution in [3.63, 3.8) is 0 Å². The normalized spacial score (nSPS) is 19.2. The zero-order valence-corrected chi connectivity index (χ0v) is 23.4. The van der Waals surface area contributed by atoms with E-state index in [0.717, 1.165) is 48.8 Å². The lowest BCUT2D eigenvalue weighted by Gasteiger charge is -2.36. The molecule has 3 heterocycles. The number of hydrogen-bond acceptors (Lipinski definition) is 8. The standard InChI is InChI=1S/C27H31FN6O5S/c1-4-33(3)40(36,37)31-24-8-6-22(28)25(21(24)15-29)39-19-5-7-23-20(13-19)26(35)34(17-30-23)18-14-27(38-16-18)9-11-32(2)12-10-27/h5-8,13,17-18,31H,4,9-12,14,16H2,1-3H3/t18-/m1/s1. The third-order valence-electron chi connectivity index (χ3n) is 7.77. The second kappa shape index (κ2) is 10.8. The highest BCUT2D eigenvalue weighted by molar-refractivity contribution is 7.90. The van der Waals surface area contributed by atoms with Crippen molar-refractivity contribution >= 4 is 26.8 Å². The highest BCUT2D eigenvalue weighted by atomic mass is 32.2. The van der Waals surface area contributed by atoms with Crippen molar-refractivity contribution in [2.24, 2.45) is 0 Å². The van der Waals surface area contributed by atoms with E-state index in [4.69, 9.17) is 9.47 Å². The highest BCUT2D eigenvalue weighted by Gasteiger charge is 2.43. The minimum atomic E-state index is -3.97. The van der Waals surface area contributed by atoms with Crippen molar-refractivity contribution in [2.75, 3.05) is 45.1 Å². The van der Waals surface area contributed by atoms with Gasteiger partial charge in [0.2, 0.25) is 0 Å². The number of nitriles is 1. The molecule has 1 spiro atoms. The van der Waals surface area contributed by atoms with Crippen molar-refractivity contribution in [3.8, 4) is 17.6 Å². The summed E-state index contributed by atoms with van der Waals surface area (Å²) in [6.45, 7) is 4.14. The third-order valence-corrected chi connectivity index (χ3v) is 9.33. The number of rotatable bonds is 7. The Labute approximate surface area is 231 Å². The van der Waals surface area contributed by atoms with Crippen LogP contribution in [0.5, 0.6) is 11.5 Å². The van der Waals surface area contributed by atoms with Gasteiger partial charge in [-0.15, -0.1) is 0 Å². The van der Waals surface area contributed by atoms with Gasteiger partial charge in [0.05, 0.1) is 41.2 Å². The van der Waals surface area contributed by atoms with Gasteiger partial charge in [0.15, 0.2) is 11.6 Å². The summed E-state index contributed by atoms with van der Waals surface area (Å²) >= 11 is 0. The van der Waals surface area contributed by atoms with Crippen molar-refractivity contribution in [3.05, 3.63) is 58.4 Å². The Hall–Kier alpha value is -3.57. The Kier molecular flexibility index (Phi) is 7.54. The molecule has 13 heteroatoms. The van der Waals surface area contributed by atoms with E-state index in [1.807, 2.05) is 6.07 Å². The van der Waals surface area contributed by atoms with Crippen molar-refractivity contribution in [1.29, 1.82) is 5.26 Å². The molecule has 2 saturated heterocycles. The van der Waals surface area contributed by atoms with E-state index in [1.165, 1.54) is 25.5 Å². The summed E-state index contributed by atoms with van der Waals surface area (Å²) in [5, 5.41) is 10.0. The number of nitrogens with zero attached hydrogens (tertiary/aromatic N) is 5. The van der Waals surface area contributed by atoms with Gasteiger partial charge < -0.3 is 14.4 Å². The van der Waals surface area contributed by atoms with Crippen molar-refractivity contribution < 1.29 is 22.3 Å². The topological polar surface area (TPSA) is 130 Å². The number of nitrogens with one attached hydrogen (secondary N) is 1. The quantitative estimate of drug-likeness (QED) is 0.458. The minimum absolute atomic E-state index is 0.0969. The molecule has 1 atom stereocenters. The summed E-state index contributed by atoms with van der Waals surface area (Å²) in [5.41, 5.74) is -0.539. The second-order valence-corrected chi connectivity index (χ2v) is 12.1. The first kappa shape index (κ1) is 28.0. The number of anilines is 1. The van der Waals surface area contributed by atoms with Crippen LogP contribution in [0.2, 0.25) is 0 Å². The van der Waals surface area contributed by atoms with Crippen LogP contribution in [0.1, 0.15) is 37.8 Å². The Morgan fingerprint density at radius 1 is 1.30 bits per heavy atom. The first-order chi connectivity index (χ1) is 19.1. The molecule has 2 aromatic carbocycles. The van der Waals surface area contributed by atoms with Crippen LogP contribution in [0.4, 0.5) is 10.1 Å². The number of aromatic nitrogens is 2. The SMILES string of the molecule is CCN(C)S(=O)(=O)Nc1ccc(F)c(Oc2ccc3ncn([C@H]4COC5(CCN(C)CC5)C4)c(=O)c3c2)c1C#N. The van der Waals surface area contributed by atoms with Crippen LogP contribution in [0, 0.1) is 17.1 Å². The van der Waals surface area contributed by atoms with Crippen LogP contribution in [-0.2, 0) is 14.9 Å². The first-order valence-electron chi connectivity index (χ1n) is 13.0. The van der Waals surface area contributed by atoms with Crippen molar-refractivity contribution in [1.82, 2.24) is 18.8 Å². The highest BCUT2D eigenvalue weighted by Crippen LogP contribution is 2.40. The number of likely N-dealkylation sites (tertiary alicyclic amines) is 1. The molecule has 5 rings (SSSR count). The van der Waals surface area contributed by atoms with Gasteiger partial charge in [-0.3, -0.25) is 14.1 Å². The monoisotopic (exact) mass is 570 g/mol. The molecule has 0 bridgehead atoms. The average molecular weight is 571 g/mol. The van der Waals surface area contributed by atoms with E-state index < -0.39 is 21.8 Å². The van der Waals surface area contributed by atoms with Crippen LogP contribution in [0.3, 0.4) is 0 Å².